The number of rotatable bonds is 2. The number of aryl methyl sites for hydroxylation is 2. The van der Waals surface area contributed by atoms with Crippen LogP contribution in [0.1, 0.15) is 17.5 Å². The third-order valence-corrected chi connectivity index (χ3v) is 2.82. The molecule has 0 fully saturated rings. The summed E-state index contributed by atoms with van der Waals surface area (Å²) in [6, 6.07) is 3.48. The van der Waals surface area contributed by atoms with E-state index in [9.17, 15) is 9.18 Å². The number of fused-ring (bicyclic) bond motifs is 1. The molecule has 0 saturated heterocycles. The Morgan fingerprint density at radius 3 is 3.00 bits per heavy atom. The monoisotopic (exact) mass is 222 g/mol. The van der Waals surface area contributed by atoms with Crippen molar-refractivity contribution in [3.63, 3.8) is 0 Å². The first-order valence-electron chi connectivity index (χ1n) is 5.40. The number of amides is 1. The Balaban J connectivity index is 2.41. The molecule has 0 aromatic heterocycles. The van der Waals surface area contributed by atoms with Gasteiger partial charge >= 0.3 is 0 Å². The molecule has 0 spiro atoms. The topological polar surface area (TPSA) is 46.3 Å². The number of primary amides is 1. The molecule has 2 N–H and O–H groups in total. The lowest BCUT2D eigenvalue weighted by Crippen LogP contribution is -2.37. The fourth-order valence-electron chi connectivity index (χ4n) is 2.27. The third-order valence-electron chi connectivity index (χ3n) is 2.82. The fraction of sp³-hybridized carbons (Fsp3) is 0.417. The SMILES string of the molecule is Cc1cc(F)c2c(c1)CCCN2CC(N)=O. The summed E-state index contributed by atoms with van der Waals surface area (Å²) in [6.07, 6.45) is 1.80. The Kier molecular flexibility index (Phi) is 2.81. The predicted octanol–water partition coefficient (Wildman–Crippen LogP) is 1.37. The quantitative estimate of drug-likeness (QED) is 0.821. The molecule has 1 amide bonds. The van der Waals surface area contributed by atoms with E-state index in [0.717, 1.165) is 24.0 Å². The number of anilines is 1. The van der Waals surface area contributed by atoms with Gasteiger partial charge in [-0.25, -0.2) is 4.39 Å². The molecule has 2 rings (SSSR count). The van der Waals surface area contributed by atoms with Crippen LogP contribution in [-0.4, -0.2) is 19.0 Å². The van der Waals surface area contributed by atoms with Gasteiger partial charge in [0.25, 0.3) is 0 Å². The number of hydrogen-bond acceptors (Lipinski definition) is 2. The van der Waals surface area contributed by atoms with Crippen LogP contribution in [0.15, 0.2) is 12.1 Å². The van der Waals surface area contributed by atoms with Gasteiger partial charge in [0.15, 0.2) is 0 Å². The molecule has 1 aromatic carbocycles. The van der Waals surface area contributed by atoms with E-state index in [1.165, 1.54) is 6.07 Å². The van der Waals surface area contributed by atoms with E-state index >= 15 is 0 Å². The second kappa shape index (κ2) is 4.12. The lowest BCUT2D eigenvalue weighted by molar-refractivity contribution is -0.116. The second-order valence-corrected chi connectivity index (χ2v) is 4.25. The molecule has 0 unspecified atom stereocenters. The summed E-state index contributed by atoms with van der Waals surface area (Å²) in [7, 11) is 0. The summed E-state index contributed by atoms with van der Waals surface area (Å²) < 4.78 is 13.8. The number of hydrogen-bond donors (Lipinski definition) is 1. The Bertz CT molecular complexity index is 431. The van der Waals surface area contributed by atoms with Gasteiger partial charge in [-0.1, -0.05) is 6.07 Å². The molecule has 1 aliphatic heterocycles. The summed E-state index contributed by atoms with van der Waals surface area (Å²) >= 11 is 0. The maximum Gasteiger partial charge on any atom is 0.236 e. The van der Waals surface area contributed by atoms with Crippen LogP contribution < -0.4 is 10.6 Å². The van der Waals surface area contributed by atoms with Crippen LogP contribution in [0.25, 0.3) is 0 Å². The number of nitrogens with zero attached hydrogens (tertiary/aromatic N) is 1. The molecule has 86 valence electrons. The van der Waals surface area contributed by atoms with Crippen molar-refractivity contribution < 1.29 is 9.18 Å². The first kappa shape index (κ1) is 10.9. The van der Waals surface area contributed by atoms with E-state index in [0.29, 0.717) is 12.2 Å². The second-order valence-electron chi connectivity index (χ2n) is 4.25. The third kappa shape index (κ3) is 2.01. The maximum absolute atomic E-state index is 13.8. The van der Waals surface area contributed by atoms with E-state index in [4.69, 9.17) is 5.73 Å². The minimum atomic E-state index is -0.423. The molecule has 0 radical (unpaired) electrons. The lowest BCUT2D eigenvalue weighted by Gasteiger charge is -2.30. The molecule has 4 heteroatoms. The van der Waals surface area contributed by atoms with Gasteiger partial charge in [-0.3, -0.25) is 4.79 Å². The van der Waals surface area contributed by atoms with E-state index in [-0.39, 0.29) is 12.4 Å². The minimum absolute atomic E-state index is 0.0903. The molecule has 1 aromatic rings. The summed E-state index contributed by atoms with van der Waals surface area (Å²) in [4.78, 5) is 12.6. The average Bonchev–Trinajstić information content (AvgIpc) is 2.15. The van der Waals surface area contributed by atoms with Crippen molar-refractivity contribution in [2.45, 2.75) is 19.8 Å². The zero-order valence-electron chi connectivity index (χ0n) is 9.29. The maximum atomic E-state index is 13.8. The zero-order chi connectivity index (χ0) is 11.7. The van der Waals surface area contributed by atoms with E-state index in [1.807, 2.05) is 13.0 Å². The van der Waals surface area contributed by atoms with Crippen LogP contribution in [0.2, 0.25) is 0 Å². The molecule has 16 heavy (non-hydrogen) atoms. The van der Waals surface area contributed by atoms with Gasteiger partial charge in [0.1, 0.15) is 5.82 Å². The van der Waals surface area contributed by atoms with Gasteiger partial charge in [0, 0.05) is 6.54 Å². The van der Waals surface area contributed by atoms with Crippen LogP contribution in [0.4, 0.5) is 10.1 Å². The van der Waals surface area contributed by atoms with Crippen LogP contribution in [-0.2, 0) is 11.2 Å². The first-order valence-corrected chi connectivity index (χ1v) is 5.40. The van der Waals surface area contributed by atoms with Crippen molar-refractivity contribution in [2.75, 3.05) is 18.0 Å². The van der Waals surface area contributed by atoms with Crippen molar-refractivity contribution in [3.05, 3.63) is 29.1 Å². The standard InChI is InChI=1S/C12H15FN2O/c1-8-5-9-3-2-4-15(7-11(14)16)12(9)10(13)6-8/h5-6H,2-4,7H2,1H3,(H2,14,16). The fourth-order valence-corrected chi connectivity index (χ4v) is 2.27. The number of nitrogens with two attached hydrogens (primary N) is 1. The number of halogens is 1. The normalized spacial score (nSPS) is 14.8. The molecule has 3 nitrogen and oxygen atoms in total. The summed E-state index contributed by atoms with van der Waals surface area (Å²) in [5.41, 5.74) is 7.60. The molecule has 0 saturated carbocycles. The van der Waals surface area contributed by atoms with Gasteiger partial charge in [-0.2, -0.15) is 0 Å². The smallest absolute Gasteiger partial charge is 0.236 e. The van der Waals surface area contributed by atoms with Crippen LogP contribution in [0.5, 0.6) is 0 Å². The predicted molar refractivity (Wildman–Crippen MR) is 60.9 cm³/mol. The largest absolute Gasteiger partial charge is 0.368 e. The zero-order valence-corrected chi connectivity index (χ0v) is 9.29. The van der Waals surface area contributed by atoms with Gasteiger partial charge in [0.2, 0.25) is 5.91 Å². The van der Waals surface area contributed by atoms with Crippen molar-refractivity contribution in [1.29, 1.82) is 0 Å². The summed E-state index contributed by atoms with van der Waals surface area (Å²) in [5.74, 6) is -0.677. The van der Waals surface area contributed by atoms with Crippen LogP contribution in [0.3, 0.4) is 0 Å². The van der Waals surface area contributed by atoms with Crippen LogP contribution in [0, 0.1) is 12.7 Å². The molecule has 1 heterocycles. The first-order chi connectivity index (χ1) is 7.58. The highest BCUT2D eigenvalue weighted by molar-refractivity contribution is 5.80. The molecule has 0 atom stereocenters. The van der Waals surface area contributed by atoms with Crippen molar-refractivity contribution in [1.82, 2.24) is 0 Å². The molecule has 1 aliphatic rings. The van der Waals surface area contributed by atoms with Gasteiger partial charge in [0.05, 0.1) is 12.2 Å². The minimum Gasteiger partial charge on any atom is -0.368 e. The van der Waals surface area contributed by atoms with E-state index in [1.54, 1.807) is 4.90 Å². The van der Waals surface area contributed by atoms with Crippen LogP contribution >= 0.6 is 0 Å². The van der Waals surface area contributed by atoms with Gasteiger partial charge < -0.3 is 10.6 Å². The molecule has 0 bridgehead atoms. The number of carbonyl (C=O) groups excluding carboxylic acids is 1. The molecule has 0 aliphatic carbocycles. The summed E-state index contributed by atoms with van der Waals surface area (Å²) in [6.45, 7) is 2.65. The Morgan fingerprint density at radius 1 is 1.56 bits per heavy atom. The number of benzene rings is 1. The average molecular weight is 222 g/mol. The molecular formula is C12H15FN2O. The summed E-state index contributed by atoms with van der Waals surface area (Å²) in [5, 5.41) is 0. The highest BCUT2D eigenvalue weighted by atomic mass is 19.1. The van der Waals surface area contributed by atoms with Crippen molar-refractivity contribution in [2.24, 2.45) is 5.73 Å². The van der Waals surface area contributed by atoms with E-state index in [2.05, 4.69) is 0 Å². The van der Waals surface area contributed by atoms with Crippen molar-refractivity contribution in [3.8, 4) is 0 Å². The van der Waals surface area contributed by atoms with Crippen molar-refractivity contribution >= 4 is 11.6 Å². The Hall–Kier alpha value is -1.58. The highest BCUT2D eigenvalue weighted by Crippen LogP contribution is 2.30. The lowest BCUT2D eigenvalue weighted by atomic mass is 9.99. The van der Waals surface area contributed by atoms with E-state index < -0.39 is 5.91 Å². The molecular weight excluding hydrogens is 207 g/mol. The Labute approximate surface area is 94.0 Å². The highest BCUT2D eigenvalue weighted by Gasteiger charge is 2.22. The van der Waals surface area contributed by atoms with Gasteiger partial charge in [-0.15, -0.1) is 0 Å². The van der Waals surface area contributed by atoms with Gasteiger partial charge in [-0.05, 0) is 37.0 Å². The Morgan fingerprint density at radius 2 is 2.31 bits per heavy atom. The number of carbonyl (C=O) groups is 1.